The Balaban J connectivity index is 2.12. The van der Waals surface area contributed by atoms with Crippen LogP contribution in [0.2, 0.25) is 0 Å². The summed E-state index contributed by atoms with van der Waals surface area (Å²) in [6, 6.07) is 15.1. The molecule has 0 amide bonds. The molecule has 0 spiro atoms. The molecule has 27 heavy (non-hydrogen) atoms. The van der Waals surface area contributed by atoms with Crippen molar-refractivity contribution in [1.29, 1.82) is 5.26 Å². The summed E-state index contributed by atoms with van der Waals surface area (Å²) in [4.78, 5) is 35.0. The number of carbonyl (C=O) groups excluding carboxylic acids is 2. The molecule has 0 aliphatic heterocycles. The second-order valence-corrected chi connectivity index (χ2v) is 7.06. The van der Waals surface area contributed by atoms with E-state index in [1.165, 1.54) is 13.8 Å². The summed E-state index contributed by atoms with van der Waals surface area (Å²) >= 11 is 0. The molecule has 0 bridgehead atoms. The van der Waals surface area contributed by atoms with Crippen molar-refractivity contribution in [2.75, 3.05) is 0 Å². The fraction of sp³-hybridized carbons (Fsp3) is 0.286. The number of benzene rings is 2. The number of nitrogens with zero attached hydrogens (tertiary/aromatic N) is 2. The maximum atomic E-state index is 12.2. The standard InChI is InChI=1S/C21H20N2O4/c1-20(2,23-27)18(24)16-8-4-14(5-9-16)12-15-6-10-17(11-7-15)19(25)21(3,26)13-22/h4-11,26H,12H2,1-3H3. The normalized spacial score (nSPS) is 13.3. The van der Waals surface area contributed by atoms with Gasteiger partial charge in [-0.2, -0.15) is 5.26 Å². The summed E-state index contributed by atoms with van der Waals surface area (Å²) in [6.07, 6.45) is 0.576. The molecule has 0 aliphatic rings. The molecule has 2 aromatic carbocycles. The number of hydrogen-bond acceptors (Lipinski definition) is 6. The fourth-order valence-corrected chi connectivity index (χ4v) is 2.51. The lowest BCUT2D eigenvalue weighted by atomic mass is 9.92. The van der Waals surface area contributed by atoms with Gasteiger partial charge in [0.05, 0.1) is 0 Å². The van der Waals surface area contributed by atoms with E-state index in [0.29, 0.717) is 12.0 Å². The third kappa shape index (κ3) is 4.52. The van der Waals surface area contributed by atoms with Crippen LogP contribution in [0.3, 0.4) is 0 Å². The van der Waals surface area contributed by atoms with E-state index in [-0.39, 0.29) is 11.3 Å². The van der Waals surface area contributed by atoms with Crippen LogP contribution in [0.15, 0.2) is 53.7 Å². The van der Waals surface area contributed by atoms with E-state index >= 15 is 0 Å². The van der Waals surface area contributed by atoms with Gasteiger partial charge in [-0.3, -0.25) is 9.59 Å². The molecule has 1 atom stereocenters. The molecule has 0 saturated carbocycles. The molecule has 0 heterocycles. The SMILES string of the molecule is CC(O)(C#N)C(=O)c1ccc(Cc2ccc(C(=O)C(C)(C)N=O)cc2)cc1. The molecule has 6 heteroatoms. The van der Waals surface area contributed by atoms with Crippen LogP contribution in [0.25, 0.3) is 0 Å². The van der Waals surface area contributed by atoms with Gasteiger partial charge in [0.25, 0.3) is 0 Å². The first-order valence-corrected chi connectivity index (χ1v) is 8.36. The molecule has 1 unspecified atom stereocenters. The quantitative estimate of drug-likeness (QED) is 0.460. The highest BCUT2D eigenvalue weighted by molar-refractivity contribution is 6.04. The molecular weight excluding hydrogens is 344 g/mol. The van der Waals surface area contributed by atoms with Crippen LogP contribution in [0.4, 0.5) is 0 Å². The molecule has 0 saturated heterocycles. The van der Waals surface area contributed by atoms with Crippen molar-refractivity contribution < 1.29 is 14.7 Å². The zero-order valence-corrected chi connectivity index (χ0v) is 15.4. The highest BCUT2D eigenvalue weighted by atomic mass is 16.3. The van der Waals surface area contributed by atoms with E-state index in [1.54, 1.807) is 54.6 Å². The van der Waals surface area contributed by atoms with Crippen LogP contribution in [0.1, 0.15) is 52.6 Å². The van der Waals surface area contributed by atoms with Crippen molar-refractivity contribution in [3.63, 3.8) is 0 Å². The number of hydrogen-bond donors (Lipinski definition) is 1. The molecule has 0 fully saturated rings. The zero-order valence-electron chi connectivity index (χ0n) is 15.4. The van der Waals surface area contributed by atoms with Gasteiger partial charge in [0.15, 0.2) is 11.3 Å². The van der Waals surface area contributed by atoms with Gasteiger partial charge in [-0.15, -0.1) is 4.91 Å². The van der Waals surface area contributed by atoms with E-state index in [1.807, 2.05) is 0 Å². The summed E-state index contributed by atoms with van der Waals surface area (Å²) in [7, 11) is 0. The Bertz CT molecular complexity index is 905. The van der Waals surface area contributed by atoms with Crippen LogP contribution in [0, 0.1) is 16.2 Å². The first-order chi connectivity index (χ1) is 12.6. The van der Waals surface area contributed by atoms with Crippen molar-refractivity contribution in [3.05, 3.63) is 75.7 Å². The molecule has 2 rings (SSSR count). The van der Waals surface area contributed by atoms with Crippen LogP contribution in [0.5, 0.6) is 0 Å². The average molecular weight is 364 g/mol. The Kier molecular flexibility index (Phi) is 5.67. The lowest BCUT2D eigenvalue weighted by Gasteiger charge is -2.14. The smallest absolute Gasteiger partial charge is 0.211 e. The lowest BCUT2D eigenvalue weighted by Crippen LogP contribution is -2.33. The molecule has 6 nitrogen and oxygen atoms in total. The van der Waals surface area contributed by atoms with Gasteiger partial charge < -0.3 is 5.11 Å². The van der Waals surface area contributed by atoms with Gasteiger partial charge >= 0.3 is 0 Å². The third-order valence-electron chi connectivity index (χ3n) is 4.28. The van der Waals surface area contributed by atoms with Crippen molar-refractivity contribution in [2.24, 2.45) is 5.18 Å². The number of aliphatic hydroxyl groups is 1. The zero-order chi connectivity index (χ0) is 20.2. The number of nitroso groups, excluding NO2 is 1. The van der Waals surface area contributed by atoms with E-state index < -0.39 is 16.9 Å². The molecule has 0 aromatic heterocycles. The largest absolute Gasteiger partial charge is 0.369 e. The summed E-state index contributed by atoms with van der Waals surface area (Å²) in [5, 5.41) is 21.4. The van der Waals surface area contributed by atoms with E-state index in [9.17, 15) is 19.6 Å². The highest BCUT2D eigenvalue weighted by Gasteiger charge is 2.31. The van der Waals surface area contributed by atoms with Crippen LogP contribution in [-0.2, 0) is 6.42 Å². The van der Waals surface area contributed by atoms with Crippen LogP contribution < -0.4 is 0 Å². The Morgan fingerprint density at radius 1 is 0.926 bits per heavy atom. The molecular formula is C21H20N2O4. The van der Waals surface area contributed by atoms with Crippen molar-refractivity contribution in [2.45, 2.75) is 38.3 Å². The molecule has 1 N–H and O–H groups in total. The second-order valence-electron chi connectivity index (χ2n) is 7.06. The number of ketones is 2. The van der Waals surface area contributed by atoms with Gasteiger partial charge in [0.1, 0.15) is 6.07 Å². The molecule has 2 aromatic rings. The second kappa shape index (κ2) is 7.60. The monoisotopic (exact) mass is 364 g/mol. The maximum Gasteiger partial charge on any atom is 0.211 e. The first-order valence-electron chi connectivity index (χ1n) is 8.36. The topological polar surface area (TPSA) is 108 Å². The van der Waals surface area contributed by atoms with E-state index in [0.717, 1.165) is 18.1 Å². The Morgan fingerprint density at radius 2 is 1.33 bits per heavy atom. The number of carbonyl (C=O) groups is 2. The van der Waals surface area contributed by atoms with Gasteiger partial charge in [0.2, 0.25) is 11.4 Å². The first kappa shape index (κ1) is 20.1. The summed E-state index contributed by atoms with van der Waals surface area (Å²) in [5.41, 5.74) is -0.788. The minimum atomic E-state index is -2.05. The van der Waals surface area contributed by atoms with Crippen molar-refractivity contribution in [1.82, 2.24) is 0 Å². The highest BCUT2D eigenvalue weighted by Crippen LogP contribution is 2.19. The van der Waals surface area contributed by atoms with Gasteiger partial charge in [-0.25, -0.2) is 0 Å². The van der Waals surface area contributed by atoms with Gasteiger partial charge in [0, 0.05) is 11.1 Å². The predicted octanol–water partition coefficient (Wildman–Crippen LogP) is 3.46. The minimum absolute atomic E-state index is 0.259. The summed E-state index contributed by atoms with van der Waals surface area (Å²) < 4.78 is 0. The molecule has 0 aliphatic carbocycles. The van der Waals surface area contributed by atoms with Gasteiger partial charge in [-0.1, -0.05) is 53.7 Å². The molecule has 0 radical (unpaired) electrons. The van der Waals surface area contributed by atoms with Gasteiger partial charge in [-0.05, 0) is 38.3 Å². The van der Waals surface area contributed by atoms with Crippen molar-refractivity contribution in [3.8, 4) is 6.07 Å². The predicted molar refractivity (Wildman–Crippen MR) is 100 cm³/mol. The fourth-order valence-electron chi connectivity index (χ4n) is 2.51. The van der Waals surface area contributed by atoms with Crippen LogP contribution >= 0.6 is 0 Å². The Morgan fingerprint density at radius 3 is 1.70 bits per heavy atom. The van der Waals surface area contributed by atoms with E-state index in [2.05, 4.69) is 5.18 Å². The lowest BCUT2D eigenvalue weighted by molar-refractivity contribution is 0.0615. The number of nitriles is 1. The number of Topliss-reactive ketones (excluding diaryl/α,β-unsaturated/α-hetero) is 2. The molecule has 138 valence electrons. The minimum Gasteiger partial charge on any atom is -0.369 e. The van der Waals surface area contributed by atoms with Crippen LogP contribution in [-0.4, -0.2) is 27.8 Å². The van der Waals surface area contributed by atoms with Crippen molar-refractivity contribution >= 4 is 11.6 Å². The summed E-state index contributed by atoms with van der Waals surface area (Å²) in [5.74, 6) is -0.984. The Hall–Kier alpha value is -3.17. The average Bonchev–Trinajstić information content (AvgIpc) is 2.68. The number of rotatable bonds is 7. The van der Waals surface area contributed by atoms with E-state index in [4.69, 9.17) is 5.26 Å². The maximum absolute atomic E-state index is 12.2. The Labute approximate surface area is 157 Å². The third-order valence-corrected chi connectivity index (χ3v) is 4.28. The summed E-state index contributed by atoms with van der Waals surface area (Å²) in [6.45, 7) is 4.11.